The van der Waals surface area contributed by atoms with Crippen LogP contribution >= 0.6 is 0 Å². The van der Waals surface area contributed by atoms with E-state index >= 15 is 0 Å². The van der Waals surface area contributed by atoms with Crippen LogP contribution in [0.25, 0.3) is 11.1 Å². The molecule has 1 atom stereocenters. The summed E-state index contributed by atoms with van der Waals surface area (Å²) in [6, 6.07) is 24.6. The lowest BCUT2D eigenvalue weighted by atomic mass is 9.77. The zero-order chi connectivity index (χ0) is 24.9. The molecule has 1 aliphatic heterocycles. The molecule has 1 saturated heterocycles. The molecule has 36 heavy (non-hydrogen) atoms. The third-order valence-corrected chi connectivity index (χ3v) is 7.28. The molecule has 0 saturated carbocycles. The Bertz CT molecular complexity index is 1200. The van der Waals surface area contributed by atoms with E-state index in [9.17, 15) is 14.4 Å². The summed E-state index contributed by atoms with van der Waals surface area (Å²) < 4.78 is 18.8. The highest BCUT2D eigenvalue weighted by atomic mass is 19.1. The Labute approximate surface area is 213 Å². The summed E-state index contributed by atoms with van der Waals surface area (Å²) in [6.45, 7) is 2.32. The summed E-state index contributed by atoms with van der Waals surface area (Å²) >= 11 is 0. The quantitative estimate of drug-likeness (QED) is 0.463. The van der Waals surface area contributed by atoms with Gasteiger partial charge in [0.05, 0.1) is 6.67 Å². The van der Waals surface area contributed by atoms with Crippen molar-refractivity contribution in [3.8, 4) is 5.75 Å². The number of nitrogens with zero attached hydrogens (tertiary/aromatic N) is 1. The Morgan fingerprint density at radius 3 is 2.50 bits per heavy atom. The lowest BCUT2D eigenvalue weighted by molar-refractivity contribution is 0.198. The van der Waals surface area contributed by atoms with Crippen LogP contribution in [0.5, 0.6) is 5.75 Å². The van der Waals surface area contributed by atoms with Crippen molar-refractivity contribution in [1.82, 2.24) is 4.90 Å². The lowest BCUT2D eigenvalue weighted by Crippen LogP contribution is -2.30. The number of rotatable bonds is 8. The van der Waals surface area contributed by atoms with Crippen LogP contribution in [0, 0.1) is 0 Å². The van der Waals surface area contributed by atoms with Crippen LogP contribution in [0.4, 0.5) is 4.39 Å². The fourth-order valence-electron chi connectivity index (χ4n) is 5.50. The molecule has 3 aromatic carbocycles. The first-order valence-electron chi connectivity index (χ1n) is 13.0. The van der Waals surface area contributed by atoms with Gasteiger partial charge >= 0.3 is 7.12 Å². The van der Waals surface area contributed by atoms with Crippen LogP contribution in [-0.4, -0.2) is 54.5 Å². The molecule has 0 unspecified atom stereocenters. The molecule has 1 heterocycles. The van der Waals surface area contributed by atoms with Gasteiger partial charge in [0.25, 0.3) is 0 Å². The molecule has 4 nitrogen and oxygen atoms in total. The Kier molecular flexibility index (Phi) is 7.85. The average molecular weight is 485 g/mol. The highest BCUT2D eigenvalue weighted by Crippen LogP contribution is 2.40. The van der Waals surface area contributed by atoms with E-state index in [0.717, 1.165) is 67.8 Å². The number of halogens is 1. The van der Waals surface area contributed by atoms with Gasteiger partial charge in [0.1, 0.15) is 11.9 Å². The Morgan fingerprint density at radius 1 is 0.944 bits per heavy atom. The fourth-order valence-corrected chi connectivity index (χ4v) is 5.50. The molecule has 0 spiro atoms. The summed E-state index contributed by atoms with van der Waals surface area (Å²) in [7, 11) is -1.47. The molecule has 0 bridgehead atoms. The van der Waals surface area contributed by atoms with Gasteiger partial charge in [0.2, 0.25) is 0 Å². The maximum Gasteiger partial charge on any atom is 0.488 e. The topological polar surface area (TPSA) is 52.9 Å². The predicted octanol–water partition coefficient (Wildman–Crippen LogP) is 4.47. The number of hydrogen-bond acceptors (Lipinski definition) is 4. The van der Waals surface area contributed by atoms with Crippen LogP contribution in [0.2, 0.25) is 0 Å². The predicted molar refractivity (Wildman–Crippen MR) is 144 cm³/mol. The van der Waals surface area contributed by atoms with E-state index in [2.05, 4.69) is 41.3 Å². The van der Waals surface area contributed by atoms with Crippen LogP contribution < -0.4 is 10.2 Å². The molecule has 6 heteroatoms. The number of likely N-dealkylation sites (tertiary alicyclic amines) is 1. The van der Waals surface area contributed by atoms with E-state index in [1.54, 1.807) is 0 Å². The van der Waals surface area contributed by atoms with Crippen LogP contribution in [-0.2, 0) is 6.42 Å². The van der Waals surface area contributed by atoms with Gasteiger partial charge < -0.3 is 14.8 Å². The van der Waals surface area contributed by atoms with Crippen molar-refractivity contribution in [3.05, 3.63) is 95.1 Å². The van der Waals surface area contributed by atoms with Gasteiger partial charge in [0, 0.05) is 19.6 Å². The average Bonchev–Trinajstić information content (AvgIpc) is 3.26. The molecule has 5 rings (SSSR count). The van der Waals surface area contributed by atoms with Crippen molar-refractivity contribution in [2.45, 2.75) is 38.2 Å². The van der Waals surface area contributed by atoms with Crippen molar-refractivity contribution >= 4 is 23.7 Å². The minimum Gasteiger partial charge on any atom is -0.489 e. The second-order valence-electron chi connectivity index (χ2n) is 9.76. The summed E-state index contributed by atoms with van der Waals surface area (Å²) in [6.07, 6.45) is 4.51. The van der Waals surface area contributed by atoms with Gasteiger partial charge in [-0.1, -0.05) is 60.7 Å². The molecule has 0 radical (unpaired) electrons. The number of fused-ring (bicyclic) bond motifs is 1. The normalized spacial score (nSPS) is 18.1. The fraction of sp³-hybridized carbons (Fsp3) is 0.333. The summed E-state index contributed by atoms with van der Waals surface area (Å²) in [5, 5.41) is 19.4. The summed E-state index contributed by atoms with van der Waals surface area (Å²) in [5.74, 6) is 0.852. The van der Waals surface area contributed by atoms with Crippen LogP contribution in [0.15, 0.2) is 72.8 Å². The first-order chi connectivity index (χ1) is 17.6. The lowest BCUT2D eigenvalue weighted by Gasteiger charge is -2.19. The van der Waals surface area contributed by atoms with Gasteiger partial charge in [-0.2, -0.15) is 0 Å². The van der Waals surface area contributed by atoms with E-state index < -0.39 is 7.12 Å². The van der Waals surface area contributed by atoms with E-state index in [-0.39, 0.29) is 12.8 Å². The molecule has 186 valence electrons. The standard InChI is InChI=1S/C30H33BFNO3/c32-17-5-18-33-19-16-27(21-33)36-26-13-10-23(11-14-26)30-28(22-6-2-1-3-7-22)9-4-8-24-20-25(31(34)35)12-15-29(24)30/h1-3,6-7,10-15,20,27,34-35H,4-5,8-9,16-19,21H2/t27-/m0/s1. The number of ether oxygens (including phenoxy) is 1. The van der Waals surface area contributed by atoms with Gasteiger partial charge in [-0.05, 0) is 83.1 Å². The van der Waals surface area contributed by atoms with E-state index in [1.165, 1.54) is 16.7 Å². The molecular formula is C30H33BFNO3. The molecule has 0 aromatic heterocycles. The minimum absolute atomic E-state index is 0.136. The SMILES string of the molecule is OB(O)c1ccc2c(c1)CCCC(c1ccccc1)=C2c1ccc(O[C@H]2CCN(CCCF)C2)cc1. The van der Waals surface area contributed by atoms with Crippen LogP contribution in [0.1, 0.15) is 47.9 Å². The Balaban J connectivity index is 1.46. The van der Waals surface area contributed by atoms with E-state index in [1.807, 2.05) is 36.4 Å². The van der Waals surface area contributed by atoms with E-state index in [0.29, 0.717) is 11.9 Å². The van der Waals surface area contributed by atoms with Gasteiger partial charge in [-0.25, -0.2) is 0 Å². The highest BCUT2D eigenvalue weighted by molar-refractivity contribution is 6.58. The molecular weight excluding hydrogens is 452 g/mol. The van der Waals surface area contributed by atoms with Crippen molar-refractivity contribution in [3.63, 3.8) is 0 Å². The first-order valence-corrected chi connectivity index (χ1v) is 13.0. The number of alkyl halides is 1. The van der Waals surface area contributed by atoms with Crippen molar-refractivity contribution in [2.75, 3.05) is 26.3 Å². The number of allylic oxidation sites excluding steroid dienone is 1. The summed E-state index contributed by atoms with van der Waals surface area (Å²) in [5.41, 5.74) is 7.64. The monoisotopic (exact) mass is 485 g/mol. The molecule has 2 N–H and O–H groups in total. The third kappa shape index (κ3) is 5.56. The number of hydrogen-bond donors (Lipinski definition) is 2. The Hall–Kier alpha value is -2.93. The molecule has 3 aromatic rings. The molecule has 1 aliphatic carbocycles. The zero-order valence-corrected chi connectivity index (χ0v) is 20.6. The van der Waals surface area contributed by atoms with Gasteiger partial charge in [-0.3, -0.25) is 9.29 Å². The molecule has 2 aliphatic rings. The van der Waals surface area contributed by atoms with Crippen molar-refractivity contribution in [2.24, 2.45) is 0 Å². The van der Waals surface area contributed by atoms with E-state index in [4.69, 9.17) is 4.74 Å². The second-order valence-corrected chi connectivity index (χ2v) is 9.76. The largest absolute Gasteiger partial charge is 0.489 e. The third-order valence-electron chi connectivity index (χ3n) is 7.28. The maximum absolute atomic E-state index is 12.5. The van der Waals surface area contributed by atoms with Crippen LogP contribution in [0.3, 0.4) is 0 Å². The number of benzene rings is 3. The zero-order valence-electron chi connectivity index (χ0n) is 20.6. The van der Waals surface area contributed by atoms with Crippen molar-refractivity contribution < 1.29 is 19.2 Å². The summed E-state index contributed by atoms with van der Waals surface area (Å²) in [4.78, 5) is 2.27. The molecule has 0 amide bonds. The van der Waals surface area contributed by atoms with Gasteiger partial charge in [0.15, 0.2) is 0 Å². The highest BCUT2D eigenvalue weighted by Gasteiger charge is 2.25. The first kappa shape index (κ1) is 24.8. The second kappa shape index (κ2) is 11.4. The Morgan fingerprint density at radius 2 is 1.75 bits per heavy atom. The minimum atomic E-state index is -1.47. The smallest absolute Gasteiger partial charge is 0.488 e. The van der Waals surface area contributed by atoms with Crippen molar-refractivity contribution in [1.29, 1.82) is 0 Å². The number of aryl methyl sites for hydroxylation is 1. The molecule has 1 fully saturated rings. The van der Waals surface area contributed by atoms with Gasteiger partial charge in [-0.15, -0.1) is 0 Å². The maximum atomic E-state index is 12.5.